The largest absolute Gasteiger partial charge is 0.416 e. The number of halogens is 8. The molecule has 37 heavy (non-hydrogen) atoms. The van der Waals surface area contributed by atoms with E-state index in [4.69, 9.17) is 11.6 Å². The molecule has 2 fully saturated rings. The summed E-state index contributed by atoms with van der Waals surface area (Å²) in [5.74, 6) is -3.63. The van der Waals surface area contributed by atoms with Gasteiger partial charge in [-0.3, -0.25) is 9.69 Å². The van der Waals surface area contributed by atoms with E-state index in [1.54, 1.807) is 0 Å². The predicted octanol–water partition coefficient (Wildman–Crippen LogP) is 5.11. The van der Waals surface area contributed by atoms with Crippen LogP contribution in [0.15, 0.2) is 18.2 Å². The first-order valence-electron chi connectivity index (χ1n) is 11.5. The third-order valence-electron chi connectivity index (χ3n) is 6.94. The van der Waals surface area contributed by atoms with Crippen molar-refractivity contribution in [2.75, 3.05) is 32.7 Å². The Balaban J connectivity index is 0.00000481. The molecule has 0 aromatic heterocycles. The second-order valence-corrected chi connectivity index (χ2v) is 11.7. The minimum Gasteiger partial charge on any atom is -0.350 e. The second-order valence-electron chi connectivity index (χ2n) is 9.20. The zero-order chi connectivity index (χ0) is 26.9. The maximum Gasteiger partial charge on any atom is 0.416 e. The molecule has 1 aromatic rings. The number of piperazine rings is 1. The van der Waals surface area contributed by atoms with Crippen LogP contribution in [0.3, 0.4) is 0 Å². The average Bonchev–Trinajstić information content (AvgIpc) is 2.82. The van der Waals surface area contributed by atoms with Crippen molar-refractivity contribution in [2.24, 2.45) is 0 Å². The van der Waals surface area contributed by atoms with Gasteiger partial charge >= 0.3 is 6.18 Å². The van der Waals surface area contributed by atoms with E-state index in [1.807, 2.05) is 4.90 Å². The van der Waals surface area contributed by atoms with Crippen LogP contribution in [-0.2, 0) is 16.2 Å². The smallest absolute Gasteiger partial charge is 0.350 e. The standard InChI is InChI=1S/C22H28ClF6N3O3S.ClH/c1-2-18(24)36(34,35)32-11-9-31(10-12-32)20(5-7-21(25,26)8-6-20)14-30-19(33)16-4-3-15(13-17(16)23)22(27,28)29;/h3-4,13,18H,2,5-12,14H2,1H3,(H,30,33);1H. The van der Waals surface area contributed by atoms with Crippen molar-refractivity contribution in [3.63, 3.8) is 0 Å². The third kappa shape index (κ3) is 7.23. The molecule has 1 aliphatic carbocycles. The predicted molar refractivity (Wildman–Crippen MR) is 129 cm³/mol. The molecule has 1 atom stereocenters. The summed E-state index contributed by atoms with van der Waals surface area (Å²) in [6.07, 6.45) is -5.69. The third-order valence-corrected chi connectivity index (χ3v) is 9.32. The Bertz CT molecular complexity index is 1060. The number of carbonyl (C=O) groups is 1. The molecule has 6 nitrogen and oxygen atoms in total. The minimum absolute atomic E-state index is 0. The van der Waals surface area contributed by atoms with Crippen LogP contribution in [0.25, 0.3) is 0 Å². The van der Waals surface area contributed by atoms with Crippen LogP contribution in [0.2, 0.25) is 5.02 Å². The number of nitrogens with zero attached hydrogens (tertiary/aromatic N) is 2. The van der Waals surface area contributed by atoms with Crippen LogP contribution in [0.4, 0.5) is 26.3 Å². The van der Waals surface area contributed by atoms with Crippen LogP contribution in [0.5, 0.6) is 0 Å². The van der Waals surface area contributed by atoms with Gasteiger partial charge in [-0.1, -0.05) is 18.5 Å². The van der Waals surface area contributed by atoms with Crippen molar-refractivity contribution in [3.05, 3.63) is 34.3 Å². The minimum atomic E-state index is -4.63. The molecule has 1 unspecified atom stereocenters. The Morgan fingerprint density at radius 2 is 1.68 bits per heavy atom. The summed E-state index contributed by atoms with van der Waals surface area (Å²) in [5, 5.41) is 2.22. The average molecular weight is 600 g/mol. The molecule has 15 heteroatoms. The number of nitrogens with one attached hydrogen (secondary N) is 1. The maximum atomic E-state index is 14.0. The summed E-state index contributed by atoms with van der Waals surface area (Å²) in [4.78, 5) is 14.6. The van der Waals surface area contributed by atoms with Gasteiger partial charge in [-0.05, 0) is 37.5 Å². The number of rotatable bonds is 7. The van der Waals surface area contributed by atoms with Crippen LogP contribution in [0.1, 0.15) is 54.9 Å². The van der Waals surface area contributed by atoms with Crippen LogP contribution in [0, 0.1) is 0 Å². The Morgan fingerprint density at radius 1 is 1.11 bits per heavy atom. The van der Waals surface area contributed by atoms with E-state index < -0.39 is 62.5 Å². The quantitative estimate of drug-likeness (QED) is 0.442. The van der Waals surface area contributed by atoms with Gasteiger partial charge in [0.1, 0.15) is 0 Å². The Kier molecular flexibility index (Phi) is 10.2. The molecule has 2 aliphatic rings. The highest BCUT2D eigenvalue weighted by molar-refractivity contribution is 7.89. The van der Waals surface area contributed by atoms with E-state index >= 15 is 0 Å². The molecule has 1 amide bonds. The van der Waals surface area contributed by atoms with Gasteiger partial charge in [0, 0.05) is 51.1 Å². The summed E-state index contributed by atoms with van der Waals surface area (Å²) < 4.78 is 106. The zero-order valence-electron chi connectivity index (χ0n) is 20.0. The van der Waals surface area contributed by atoms with Gasteiger partial charge in [-0.15, -0.1) is 12.4 Å². The maximum absolute atomic E-state index is 14.0. The van der Waals surface area contributed by atoms with E-state index in [0.29, 0.717) is 6.07 Å². The van der Waals surface area contributed by atoms with Crippen molar-refractivity contribution >= 4 is 39.9 Å². The fourth-order valence-electron chi connectivity index (χ4n) is 4.69. The molecule has 0 radical (unpaired) electrons. The molecule has 0 spiro atoms. The molecule has 1 aromatic carbocycles. The molecule has 1 heterocycles. The van der Waals surface area contributed by atoms with Gasteiger partial charge in [0.05, 0.1) is 16.1 Å². The summed E-state index contributed by atoms with van der Waals surface area (Å²) in [5.41, 5.74) is -4.16. The lowest BCUT2D eigenvalue weighted by atomic mass is 9.78. The summed E-state index contributed by atoms with van der Waals surface area (Å²) >= 11 is 5.91. The van der Waals surface area contributed by atoms with E-state index in [0.717, 1.165) is 16.4 Å². The van der Waals surface area contributed by atoms with Gasteiger partial charge in [0.25, 0.3) is 5.91 Å². The summed E-state index contributed by atoms with van der Waals surface area (Å²) in [6, 6.07) is 2.32. The van der Waals surface area contributed by atoms with Gasteiger partial charge in [0.15, 0.2) is 0 Å². The van der Waals surface area contributed by atoms with E-state index in [2.05, 4.69) is 5.32 Å². The monoisotopic (exact) mass is 599 g/mol. The zero-order valence-corrected chi connectivity index (χ0v) is 22.4. The number of benzene rings is 1. The first kappa shape index (κ1) is 31.9. The lowest BCUT2D eigenvalue weighted by molar-refractivity contribution is -0.137. The molecular weight excluding hydrogens is 571 g/mol. The number of sulfonamides is 1. The van der Waals surface area contributed by atoms with E-state index in [1.165, 1.54) is 6.92 Å². The Morgan fingerprint density at radius 3 is 2.16 bits per heavy atom. The molecule has 1 N–H and O–H groups in total. The first-order chi connectivity index (χ1) is 16.6. The fraction of sp³-hybridized carbons (Fsp3) is 0.682. The molecule has 1 saturated carbocycles. The van der Waals surface area contributed by atoms with Crippen molar-refractivity contribution in [3.8, 4) is 0 Å². The highest BCUT2D eigenvalue weighted by atomic mass is 35.5. The Labute approximate surface area is 223 Å². The van der Waals surface area contributed by atoms with Crippen molar-refractivity contribution in [1.29, 1.82) is 0 Å². The normalized spacial score (nSPS) is 21.6. The Hall–Kier alpha value is -1.28. The van der Waals surface area contributed by atoms with E-state index in [9.17, 15) is 39.6 Å². The van der Waals surface area contributed by atoms with Crippen LogP contribution < -0.4 is 5.32 Å². The lowest BCUT2D eigenvalue weighted by Gasteiger charge is -2.50. The number of amides is 1. The summed E-state index contributed by atoms with van der Waals surface area (Å²) in [7, 11) is -4.13. The molecule has 0 bridgehead atoms. The number of hydrogen-bond acceptors (Lipinski definition) is 4. The molecule has 3 rings (SSSR count). The topological polar surface area (TPSA) is 69.7 Å². The molecular formula is C22H29Cl2F6N3O3S. The van der Waals surface area contributed by atoms with Crippen molar-refractivity contribution in [2.45, 2.75) is 62.2 Å². The van der Waals surface area contributed by atoms with Gasteiger partial charge < -0.3 is 5.32 Å². The highest BCUT2D eigenvalue weighted by Gasteiger charge is 2.48. The van der Waals surface area contributed by atoms with Crippen LogP contribution in [-0.4, -0.2) is 73.2 Å². The highest BCUT2D eigenvalue weighted by Crippen LogP contribution is 2.42. The first-order valence-corrected chi connectivity index (χ1v) is 13.4. The van der Waals surface area contributed by atoms with Gasteiger partial charge in [-0.2, -0.15) is 17.5 Å². The lowest BCUT2D eigenvalue weighted by Crippen LogP contribution is -2.63. The van der Waals surface area contributed by atoms with Crippen molar-refractivity contribution < 1.29 is 39.6 Å². The number of hydrogen-bond donors (Lipinski definition) is 1. The molecule has 1 saturated heterocycles. The summed E-state index contributed by atoms with van der Waals surface area (Å²) in [6.45, 7) is 1.57. The van der Waals surface area contributed by atoms with Gasteiger partial charge in [-0.25, -0.2) is 21.6 Å². The number of alkyl halides is 6. The fourth-order valence-corrected chi connectivity index (χ4v) is 6.37. The second kappa shape index (κ2) is 11.8. The van der Waals surface area contributed by atoms with E-state index in [-0.39, 0.29) is 70.0 Å². The van der Waals surface area contributed by atoms with Gasteiger partial charge in [0.2, 0.25) is 21.4 Å². The number of carbonyl (C=O) groups excluding carboxylic acids is 1. The molecule has 212 valence electrons. The van der Waals surface area contributed by atoms with Crippen LogP contribution >= 0.6 is 24.0 Å². The van der Waals surface area contributed by atoms with Crippen molar-refractivity contribution in [1.82, 2.24) is 14.5 Å². The molecule has 1 aliphatic heterocycles. The SMILES string of the molecule is CCC(F)S(=O)(=O)N1CCN(C2(CNC(=O)c3ccc(C(F)(F)F)cc3Cl)CCC(F)(F)CC2)CC1.Cl.